The summed E-state index contributed by atoms with van der Waals surface area (Å²) in [6.45, 7) is 1.82. The minimum absolute atomic E-state index is 0.0616. The largest absolute Gasteiger partial charge is 0.508 e. The molecule has 0 radical (unpaired) electrons. The fraction of sp³-hybridized carbons (Fsp3) is 0.538. The lowest BCUT2D eigenvalue weighted by atomic mass is 9.99. The van der Waals surface area contributed by atoms with Crippen molar-refractivity contribution >= 4 is 5.69 Å². The third-order valence-corrected chi connectivity index (χ3v) is 3.60. The number of phenols is 1. The SMILES string of the molecule is O=[N+]([O-])c1ccc(O)c([C@@H](CC(F)(F)F)N2CCNCC2)c1. The molecule has 2 N–H and O–H groups in total. The van der Waals surface area contributed by atoms with Crippen molar-refractivity contribution < 1.29 is 23.2 Å². The molecule has 0 aliphatic carbocycles. The van der Waals surface area contributed by atoms with E-state index < -0.39 is 23.6 Å². The van der Waals surface area contributed by atoms with E-state index in [0.29, 0.717) is 26.2 Å². The predicted molar refractivity (Wildman–Crippen MR) is 72.6 cm³/mol. The van der Waals surface area contributed by atoms with Crippen molar-refractivity contribution in [3.05, 3.63) is 33.9 Å². The first-order valence-electron chi connectivity index (χ1n) is 6.77. The molecule has 1 fully saturated rings. The summed E-state index contributed by atoms with van der Waals surface area (Å²) in [5.41, 5.74) is -0.400. The number of benzene rings is 1. The third kappa shape index (κ3) is 4.08. The number of alkyl halides is 3. The number of hydrogen-bond donors (Lipinski definition) is 2. The number of rotatable bonds is 4. The van der Waals surface area contributed by atoms with Crippen LogP contribution in [-0.4, -0.2) is 47.3 Å². The first-order valence-corrected chi connectivity index (χ1v) is 6.77. The Hall–Kier alpha value is -1.87. The second-order valence-electron chi connectivity index (χ2n) is 5.12. The highest BCUT2D eigenvalue weighted by Crippen LogP contribution is 2.39. The van der Waals surface area contributed by atoms with Crippen molar-refractivity contribution in [2.75, 3.05) is 26.2 Å². The van der Waals surface area contributed by atoms with Crippen molar-refractivity contribution in [1.82, 2.24) is 10.2 Å². The molecule has 0 saturated carbocycles. The molecule has 1 atom stereocenters. The van der Waals surface area contributed by atoms with Crippen LogP contribution in [0, 0.1) is 10.1 Å². The molecule has 1 aliphatic heterocycles. The van der Waals surface area contributed by atoms with Crippen LogP contribution in [0.2, 0.25) is 0 Å². The Kier molecular flexibility index (Phi) is 4.87. The minimum Gasteiger partial charge on any atom is -0.508 e. The molecule has 0 bridgehead atoms. The maximum absolute atomic E-state index is 12.9. The third-order valence-electron chi connectivity index (χ3n) is 3.60. The van der Waals surface area contributed by atoms with Gasteiger partial charge in [-0.2, -0.15) is 13.2 Å². The van der Waals surface area contributed by atoms with Crippen LogP contribution in [0.15, 0.2) is 18.2 Å². The number of nitro benzene ring substituents is 1. The van der Waals surface area contributed by atoms with Crippen LogP contribution >= 0.6 is 0 Å². The zero-order valence-electron chi connectivity index (χ0n) is 11.6. The molecule has 9 heteroatoms. The number of piperazine rings is 1. The maximum atomic E-state index is 12.9. The zero-order valence-corrected chi connectivity index (χ0v) is 11.6. The quantitative estimate of drug-likeness (QED) is 0.657. The number of phenolic OH excluding ortho intramolecular Hbond substituents is 1. The van der Waals surface area contributed by atoms with Gasteiger partial charge in [0.1, 0.15) is 5.75 Å². The molecule has 2 rings (SSSR count). The van der Waals surface area contributed by atoms with Crippen LogP contribution in [0.1, 0.15) is 18.0 Å². The summed E-state index contributed by atoms with van der Waals surface area (Å²) in [5, 5.41) is 23.7. The lowest BCUT2D eigenvalue weighted by Crippen LogP contribution is -2.46. The van der Waals surface area contributed by atoms with E-state index in [0.717, 1.165) is 18.2 Å². The molecule has 122 valence electrons. The highest BCUT2D eigenvalue weighted by Gasteiger charge is 2.37. The predicted octanol–water partition coefficient (Wildman–Crippen LogP) is 2.20. The Labute approximate surface area is 124 Å². The highest BCUT2D eigenvalue weighted by atomic mass is 19.4. The molecule has 1 aromatic carbocycles. The summed E-state index contributed by atoms with van der Waals surface area (Å²) < 4.78 is 38.6. The Morgan fingerprint density at radius 1 is 1.36 bits per heavy atom. The molecule has 1 heterocycles. The molecule has 22 heavy (non-hydrogen) atoms. The molecular formula is C13H16F3N3O3. The Balaban J connectivity index is 2.38. The van der Waals surface area contributed by atoms with E-state index in [4.69, 9.17) is 0 Å². The van der Waals surface area contributed by atoms with Gasteiger partial charge in [-0.3, -0.25) is 15.0 Å². The summed E-state index contributed by atoms with van der Waals surface area (Å²) in [5.74, 6) is -0.363. The molecule has 0 spiro atoms. The van der Waals surface area contributed by atoms with Gasteiger partial charge in [-0.15, -0.1) is 0 Å². The molecule has 1 saturated heterocycles. The maximum Gasteiger partial charge on any atom is 0.390 e. The van der Waals surface area contributed by atoms with E-state index >= 15 is 0 Å². The van der Waals surface area contributed by atoms with E-state index in [2.05, 4.69) is 5.32 Å². The lowest BCUT2D eigenvalue weighted by Gasteiger charge is -2.35. The van der Waals surface area contributed by atoms with Gasteiger partial charge >= 0.3 is 6.18 Å². The fourth-order valence-corrected chi connectivity index (χ4v) is 2.57. The number of aromatic hydroxyl groups is 1. The smallest absolute Gasteiger partial charge is 0.390 e. The molecule has 0 amide bonds. The van der Waals surface area contributed by atoms with Crippen LogP contribution in [0.25, 0.3) is 0 Å². The van der Waals surface area contributed by atoms with Gasteiger partial charge in [-0.25, -0.2) is 0 Å². The number of nitro groups is 1. The Morgan fingerprint density at radius 3 is 2.55 bits per heavy atom. The molecule has 1 aliphatic rings. The second-order valence-corrected chi connectivity index (χ2v) is 5.12. The van der Waals surface area contributed by atoms with Crippen molar-refractivity contribution in [3.63, 3.8) is 0 Å². The molecular weight excluding hydrogens is 303 g/mol. The molecule has 0 unspecified atom stereocenters. The van der Waals surface area contributed by atoms with Crippen LogP contribution in [0.3, 0.4) is 0 Å². The van der Waals surface area contributed by atoms with Gasteiger partial charge in [0, 0.05) is 49.9 Å². The van der Waals surface area contributed by atoms with Gasteiger partial charge in [0.15, 0.2) is 0 Å². The van der Waals surface area contributed by atoms with Crippen molar-refractivity contribution in [2.45, 2.75) is 18.6 Å². The average molecular weight is 319 g/mol. The van der Waals surface area contributed by atoms with Gasteiger partial charge in [0.05, 0.1) is 11.3 Å². The molecule has 6 nitrogen and oxygen atoms in total. The van der Waals surface area contributed by atoms with E-state index in [9.17, 15) is 28.4 Å². The summed E-state index contributed by atoms with van der Waals surface area (Å²) in [6.07, 6.45) is -5.60. The topological polar surface area (TPSA) is 78.6 Å². The van der Waals surface area contributed by atoms with Crippen LogP contribution in [0.4, 0.5) is 18.9 Å². The number of nitrogens with one attached hydrogen (secondary N) is 1. The number of halogens is 3. The number of hydrogen-bond acceptors (Lipinski definition) is 5. The molecule has 1 aromatic rings. The Morgan fingerprint density at radius 2 is 2.00 bits per heavy atom. The summed E-state index contributed by atoms with van der Waals surface area (Å²) in [6, 6.07) is 2.02. The van der Waals surface area contributed by atoms with Crippen LogP contribution in [-0.2, 0) is 0 Å². The highest BCUT2D eigenvalue weighted by molar-refractivity contribution is 5.44. The first-order chi connectivity index (χ1) is 10.3. The summed E-state index contributed by atoms with van der Waals surface area (Å²) in [4.78, 5) is 11.7. The lowest BCUT2D eigenvalue weighted by molar-refractivity contribution is -0.385. The average Bonchev–Trinajstić information content (AvgIpc) is 2.45. The van der Waals surface area contributed by atoms with Gasteiger partial charge in [-0.05, 0) is 6.07 Å². The van der Waals surface area contributed by atoms with Crippen molar-refractivity contribution in [3.8, 4) is 5.75 Å². The van der Waals surface area contributed by atoms with E-state index in [-0.39, 0.29) is 17.0 Å². The summed E-state index contributed by atoms with van der Waals surface area (Å²) >= 11 is 0. The fourth-order valence-electron chi connectivity index (χ4n) is 2.57. The van der Waals surface area contributed by atoms with Gasteiger partial charge in [0.25, 0.3) is 5.69 Å². The van der Waals surface area contributed by atoms with Crippen LogP contribution < -0.4 is 5.32 Å². The Bertz CT molecular complexity index is 545. The van der Waals surface area contributed by atoms with Gasteiger partial charge < -0.3 is 10.4 Å². The first kappa shape index (κ1) is 16.5. The van der Waals surface area contributed by atoms with Crippen molar-refractivity contribution in [1.29, 1.82) is 0 Å². The zero-order chi connectivity index (χ0) is 16.3. The van der Waals surface area contributed by atoms with Gasteiger partial charge in [0.2, 0.25) is 0 Å². The minimum atomic E-state index is -4.44. The van der Waals surface area contributed by atoms with Crippen LogP contribution in [0.5, 0.6) is 5.75 Å². The monoisotopic (exact) mass is 319 g/mol. The summed E-state index contributed by atoms with van der Waals surface area (Å²) in [7, 11) is 0. The van der Waals surface area contributed by atoms with E-state index in [1.165, 1.54) is 0 Å². The van der Waals surface area contributed by atoms with E-state index in [1.54, 1.807) is 4.90 Å². The normalized spacial score (nSPS) is 18.1. The second kappa shape index (κ2) is 6.49. The number of non-ortho nitro benzene ring substituents is 1. The molecule has 0 aromatic heterocycles. The number of nitrogens with zero attached hydrogens (tertiary/aromatic N) is 2. The van der Waals surface area contributed by atoms with Gasteiger partial charge in [-0.1, -0.05) is 0 Å². The van der Waals surface area contributed by atoms with E-state index in [1.807, 2.05) is 0 Å². The van der Waals surface area contributed by atoms with Crippen molar-refractivity contribution in [2.24, 2.45) is 0 Å². The standard InChI is InChI=1S/C13H16F3N3O3/c14-13(15,16)8-11(18-5-3-17-4-6-18)10-7-9(19(21)22)1-2-12(10)20/h1-2,7,11,17,20H,3-6,8H2/t11-/m1/s1.